The number of rotatable bonds is 11. The third-order valence-electron chi connectivity index (χ3n) is 6.74. The predicted octanol–water partition coefficient (Wildman–Crippen LogP) is 6.31. The molecular formula is C25H38O3. The lowest BCUT2D eigenvalue weighted by Crippen LogP contribution is -2.43. The standard InChI is InChI=1S/C25H38O3/c1-2-3-4-5-6-7-8-9-10-20-15-16-25(18-26)17-23(20)24(28-19-25)21-11-13-22(27)14-12-21/h11-15,23-24,26-27H,2-10,16-19H2,1H3. The Kier molecular flexibility index (Phi) is 7.99. The summed E-state index contributed by atoms with van der Waals surface area (Å²) in [6.07, 6.45) is 16.3. The molecule has 0 amide bonds. The van der Waals surface area contributed by atoms with Crippen LogP contribution in [-0.2, 0) is 4.74 Å². The number of phenolic OH excluding ortho intramolecular Hbond substituents is 1. The van der Waals surface area contributed by atoms with Crippen molar-refractivity contribution in [3.05, 3.63) is 41.5 Å². The Morgan fingerprint density at radius 3 is 2.36 bits per heavy atom. The maximum absolute atomic E-state index is 9.97. The van der Waals surface area contributed by atoms with Gasteiger partial charge in [0.1, 0.15) is 5.75 Å². The molecule has 0 radical (unpaired) electrons. The molecule has 2 aliphatic rings. The van der Waals surface area contributed by atoms with E-state index in [2.05, 4.69) is 13.0 Å². The van der Waals surface area contributed by atoms with Gasteiger partial charge in [-0.05, 0) is 43.4 Å². The molecule has 0 saturated carbocycles. The Bertz CT molecular complexity index is 621. The van der Waals surface area contributed by atoms with Gasteiger partial charge in [-0.25, -0.2) is 0 Å². The minimum Gasteiger partial charge on any atom is -0.508 e. The maximum atomic E-state index is 9.97. The van der Waals surface area contributed by atoms with Gasteiger partial charge in [0.2, 0.25) is 0 Å². The molecule has 1 aliphatic carbocycles. The van der Waals surface area contributed by atoms with Crippen LogP contribution in [0, 0.1) is 11.3 Å². The fraction of sp³-hybridized carbons (Fsp3) is 0.680. The SMILES string of the molecule is CCCCCCCCCCC1=CCC2(CO)COC(c3ccc(O)cc3)C1C2. The molecule has 0 aromatic heterocycles. The molecule has 1 fully saturated rings. The number of ether oxygens (including phenoxy) is 1. The van der Waals surface area contributed by atoms with Crippen molar-refractivity contribution in [1.29, 1.82) is 0 Å². The average molecular weight is 387 g/mol. The van der Waals surface area contributed by atoms with E-state index in [-0.39, 0.29) is 18.1 Å². The Morgan fingerprint density at radius 2 is 1.68 bits per heavy atom. The Hall–Kier alpha value is -1.32. The van der Waals surface area contributed by atoms with Gasteiger partial charge in [0.05, 0.1) is 19.3 Å². The number of fused-ring (bicyclic) bond motifs is 2. The van der Waals surface area contributed by atoms with Gasteiger partial charge in [-0.1, -0.05) is 75.7 Å². The molecule has 1 saturated heterocycles. The highest BCUT2D eigenvalue weighted by atomic mass is 16.5. The first-order valence-electron chi connectivity index (χ1n) is 11.4. The Balaban J connectivity index is 1.56. The summed E-state index contributed by atoms with van der Waals surface area (Å²) >= 11 is 0. The van der Waals surface area contributed by atoms with Gasteiger partial charge in [0, 0.05) is 11.3 Å². The van der Waals surface area contributed by atoms with Crippen LogP contribution < -0.4 is 0 Å². The lowest BCUT2D eigenvalue weighted by Gasteiger charge is -2.47. The normalized spacial score (nSPS) is 26.9. The van der Waals surface area contributed by atoms with Crippen LogP contribution in [0.5, 0.6) is 5.75 Å². The summed E-state index contributed by atoms with van der Waals surface area (Å²) in [6.45, 7) is 3.09. The lowest BCUT2D eigenvalue weighted by atomic mass is 9.65. The largest absolute Gasteiger partial charge is 0.508 e. The number of hydrogen-bond acceptors (Lipinski definition) is 3. The smallest absolute Gasteiger partial charge is 0.115 e. The van der Waals surface area contributed by atoms with Crippen LogP contribution in [0.3, 0.4) is 0 Å². The van der Waals surface area contributed by atoms with Gasteiger partial charge in [0.15, 0.2) is 0 Å². The Labute approximate surface area is 170 Å². The third-order valence-corrected chi connectivity index (χ3v) is 6.74. The number of unbranched alkanes of at least 4 members (excludes halogenated alkanes) is 7. The molecule has 1 heterocycles. The first-order valence-corrected chi connectivity index (χ1v) is 11.4. The third kappa shape index (κ3) is 5.39. The summed E-state index contributed by atoms with van der Waals surface area (Å²) in [7, 11) is 0. The molecule has 3 heteroatoms. The highest BCUT2D eigenvalue weighted by molar-refractivity contribution is 5.31. The molecule has 2 N–H and O–H groups in total. The van der Waals surface area contributed by atoms with E-state index in [4.69, 9.17) is 4.74 Å². The fourth-order valence-electron chi connectivity index (χ4n) is 4.90. The van der Waals surface area contributed by atoms with Crippen LogP contribution in [-0.4, -0.2) is 23.4 Å². The fourth-order valence-corrected chi connectivity index (χ4v) is 4.90. The van der Waals surface area contributed by atoms with Gasteiger partial charge in [-0.15, -0.1) is 0 Å². The summed E-state index contributed by atoms with van der Waals surface area (Å²) in [6, 6.07) is 7.46. The van der Waals surface area contributed by atoms with Crippen molar-refractivity contribution in [3.63, 3.8) is 0 Å². The number of aliphatic hydroxyl groups is 1. The summed E-state index contributed by atoms with van der Waals surface area (Å²) in [5, 5.41) is 19.6. The maximum Gasteiger partial charge on any atom is 0.115 e. The second-order valence-electron chi connectivity index (χ2n) is 9.00. The van der Waals surface area contributed by atoms with E-state index >= 15 is 0 Å². The van der Waals surface area contributed by atoms with E-state index in [0.29, 0.717) is 18.3 Å². The molecular weight excluding hydrogens is 348 g/mol. The summed E-state index contributed by atoms with van der Waals surface area (Å²) in [5.41, 5.74) is 2.56. The number of benzene rings is 1. The van der Waals surface area contributed by atoms with Crippen LogP contribution in [0.2, 0.25) is 0 Å². The molecule has 3 rings (SSSR count). The average Bonchev–Trinajstić information content (AvgIpc) is 2.72. The molecule has 2 bridgehead atoms. The lowest BCUT2D eigenvalue weighted by molar-refractivity contribution is -0.114. The predicted molar refractivity (Wildman–Crippen MR) is 114 cm³/mol. The van der Waals surface area contributed by atoms with E-state index in [1.54, 1.807) is 12.1 Å². The molecule has 156 valence electrons. The van der Waals surface area contributed by atoms with Gasteiger partial charge in [-0.3, -0.25) is 0 Å². The van der Waals surface area contributed by atoms with Crippen molar-refractivity contribution in [2.45, 2.75) is 83.7 Å². The van der Waals surface area contributed by atoms with Crippen molar-refractivity contribution in [3.8, 4) is 5.75 Å². The monoisotopic (exact) mass is 386 g/mol. The van der Waals surface area contributed by atoms with Crippen molar-refractivity contribution in [2.24, 2.45) is 11.3 Å². The zero-order chi connectivity index (χ0) is 19.8. The summed E-state index contributed by atoms with van der Waals surface area (Å²) in [5.74, 6) is 0.645. The van der Waals surface area contributed by atoms with Gasteiger partial charge < -0.3 is 14.9 Å². The zero-order valence-corrected chi connectivity index (χ0v) is 17.5. The van der Waals surface area contributed by atoms with Crippen LogP contribution >= 0.6 is 0 Å². The van der Waals surface area contributed by atoms with Crippen LogP contribution in [0.1, 0.15) is 89.2 Å². The van der Waals surface area contributed by atoms with E-state index in [0.717, 1.165) is 24.8 Å². The molecule has 1 aliphatic heterocycles. The van der Waals surface area contributed by atoms with Crippen molar-refractivity contribution >= 4 is 0 Å². The molecule has 1 aromatic carbocycles. The first-order chi connectivity index (χ1) is 13.7. The van der Waals surface area contributed by atoms with Crippen molar-refractivity contribution in [2.75, 3.05) is 13.2 Å². The molecule has 1 aromatic rings. The molecule has 28 heavy (non-hydrogen) atoms. The van der Waals surface area contributed by atoms with Crippen LogP contribution in [0.25, 0.3) is 0 Å². The topological polar surface area (TPSA) is 49.7 Å². The Morgan fingerprint density at radius 1 is 1.00 bits per heavy atom. The van der Waals surface area contributed by atoms with E-state index in [1.165, 1.54) is 56.9 Å². The number of allylic oxidation sites excluding steroid dienone is 1. The molecule has 0 spiro atoms. The highest BCUT2D eigenvalue weighted by Gasteiger charge is 2.45. The quantitative estimate of drug-likeness (QED) is 0.346. The van der Waals surface area contributed by atoms with E-state index in [1.807, 2.05) is 12.1 Å². The second kappa shape index (κ2) is 10.5. The van der Waals surface area contributed by atoms with E-state index < -0.39 is 0 Å². The molecule has 3 unspecified atom stereocenters. The minimum absolute atomic E-state index is 0.0425. The van der Waals surface area contributed by atoms with Crippen LogP contribution in [0.15, 0.2) is 35.9 Å². The first kappa shape index (κ1) is 21.4. The second-order valence-corrected chi connectivity index (χ2v) is 9.00. The minimum atomic E-state index is -0.0964. The van der Waals surface area contributed by atoms with Crippen molar-refractivity contribution in [1.82, 2.24) is 0 Å². The number of aliphatic hydroxyl groups excluding tert-OH is 1. The highest BCUT2D eigenvalue weighted by Crippen LogP contribution is 2.51. The van der Waals surface area contributed by atoms with Crippen LogP contribution in [0.4, 0.5) is 0 Å². The van der Waals surface area contributed by atoms with Gasteiger partial charge in [-0.2, -0.15) is 0 Å². The number of aromatic hydroxyl groups is 1. The van der Waals surface area contributed by atoms with Crippen molar-refractivity contribution < 1.29 is 14.9 Å². The molecule has 3 nitrogen and oxygen atoms in total. The molecule has 3 atom stereocenters. The zero-order valence-electron chi connectivity index (χ0n) is 17.5. The number of hydrogen-bond donors (Lipinski definition) is 2. The summed E-state index contributed by atoms with van der Waals surface area (Å²) in [4.78, 5) is 0. The van der Waals surface area contributed by atoms with E-state index in [9.17, 15) is 10.2 Å². The number of phenols is 1. The van der Waals surface area contributed by atoms with Gasteiger partial charge in [0.25, 0.3) is 0 Å². The van der Waals surface area contributed by atoms with Gasteiger partial charge >= 0.3 is 0 Å². The summed E-state index contributed by atoms with van der Waals surface area (Å²) < 4.78 is 6.30.